The second kappa shape index (κ2) is 3.87. The highest BCUT2D eigenvalue weighted by molar-refractivity contribution is 6.31. The summed E-state index contributed by atoms with van der Waals surface area (Å²) in [5, 5.41) is 18.4. The molecule has 2 heterocycles. The van der Waals surface area contributed by atoms with E-state index >= 15 is 0 Å². The fourth-order valence-electron chi connectivity index (χ4n) is 1.86. The van der Waals surface area contributed by atoms with Gasteiger partial charge >= 0.3 is 0 Å². The molecule has 6 heteroatoms. The molecule has 17 heavy (non-hydrogen) atoms. The Morgan fingerprint density at radius 2 is 2.29 bits per heavy atom. The van der Waals surface area contributed by atoms with Crippen LogP contribution in [0.2, 0.25) is 5.02 Å². The van der Waals surface area contributed by atoms with Gasteiger partial charge in [-0.3, -0.25) is 0 Å². The minimum Gasteiger partial charge on any atom is -0.422 e. The number of aromatic amines is 1. The Morgan fingerprint density at radius 3 is 3.00 bits per heavy atom. The third-order valence-corrected chi connectivity index (χ3v) is 2.84. The number of hydrogen-bond donors (Lipinski definition) is 2. The average molecular weight is 250 g/mol. The molecule has 0 spiro atoms. The maximum Gasteiger partial charge on any atom is 0.264 e. The Labute approximate surface area is 101 Å². The van der Waals surface area contributed by atoms with Crippen LogP contribution >= 0.6 is 11.6 Å². The monoisotopic (exact) mass is 249 g/mol. The summed E-state index contributed by atoms with van der Waals surface area (Å²) in [7, 11) is 0. The summed E-state index contributed by atoms with van der Waals surface area (Å²) < 4.78 is 5.12. The van der Waals surface area contributed by atoms with Gasteiger partial charge in [0, 0.05) is 21.5 Å². The molecule has 0 amide bonds. The summed E-state index contributed by atoms with van der Waals surface area (Å²) in [6.45, 7) is -0.112. The molecule has 3 aromatic rings. The zero-order chi connectivity index (χ0) is 11.8. The summed E-state index contributed by atoms with van der Waals surface area (Å²) >= 11 is 5.91. The molecule has 1 aromatic carbocycles. The lowest BCUT2D eigenvalue weighted by atomic mass is 10.1. The molecule has 0 unspecified atom stereocenters. The number of halogens is 1. The van der Waals surface area contributed by atoms with Crippen molar-refractivity contribution in [2.24, 2.45) is 0 Å². The van der Waals surface area contributed by atoms with Crippen LogP contribution in [0.15, 0.2) is 29.0 Å². The maximum atomic E-state index is 9.43. The second-order valence-electron chi connectivity index (χ2n) is 3.57. The van der Waals surface area contributed by atoms with E-state index in [1.807, 2.05) is 6.07 Å². The molecule has 0 aliphatic heterocycles. The van der Waals surface area contributed by atoms with Crippen LogP contribution in [0, 0.1) is 0 Å². The van der Waals surface area contributed by atoms with E-state index in [2.05, 4.69) is 15.2 Å². The Hall–Kier alpha value is -1.85. The third-order valence-electron chi connectivity index (χ3n) is 2.60. The van der Waals surface area contributed by atoms with Crippen molar-refractivity contribution in [3.8, 4) is 11.6 Å². The Bertz CT molecular complexity index is 661. The summed E-state index contributed by atoms with van der Waals surface area (Å²) in [6, 6.07) is 5.41. The van der Waals surface area contributed by atoms with Gasteiger partial charge in [0.05, 0.1) is 6.61 Å². The van der Waals surface area contributed by atoms with Crippen molar-refractivity contribution < 1.29 is 9.52 Å². The number of nitrogens with one attached hydrogen (secondary N) is 1. The predicted molar refractivity (Wildman–Crippen MR) is 62.5 cm³/mol. The van der Waals surface area contributed by atoms with Gasteiger partial charge < -0.3 is 14.5 Å². The third kappa shape index (κ3) is 1.60. The standard InChI is InChI=1S/C11H8ClN3O2/c12-6-1-2-7-8(4-16)10(14-9(7)3-6)11-15-13-5-17-11/h1-3,5,14,16H,4H2. The van der Waals surface area contributed by atoms with Crippen molar-refractivity contribution in [1.29, 1.82) is 0 Å². The Kier molecular flexibility index (Phi) is 2.35. The highest BCUT2D eigenvalue weighted by Crippen LogP contribution is 2.30. The van der Waals surface area contributed by atoms with Crippen molar-refractivity contribution in [2.75, 3.05) is 0 Å². The quantitative estimate of drug-likeness (QED) is 0.731. The number of hydrogen-bond acceptors (Lipinski definition) is 4. The number of nitrogens with zero attached hydrogens (tertiary/aromatic N) is 2. The van der Waals surface area contributed by atoms with Gasteiger partial charge in [0.1, 0.15) is 5.69 Å². The lowest BCUT2D eigenvalue weighted by Gasteiger charge is -1.95. The van der Waals surface area contributed by atoms with Gasteiger partial charge in [-0.25, -0.2) is 0 Å². The largest absolute Gasteiger partial charge is 0.422 e. The molecule has 2 N–H and O–H groups in total. The van der Waals surface area contributed by atoms with Gasteiger partial charge in [-0.05, 0) is 12.1 Å². The fourth-order valence-corrected chi connectivity index (χ4v) is 2.03. The van der Waals surface area contributed by atoms with Gasteiger partial charge in [0.15, 0.2) is 0 Å². The summed E-state index contributed by atoms with van der Waals surface area (Å²) in [5.74, 6) is 0.348. The predicted octanol–water partition coefficient (Wildman–Crippen LogP) is 2.36. The molecule has 0 saturated heterocycles. The second-order valence-corrected chi connectivity index (χ2v) is 4.01. The van der Waals surface area contributed by atoms with Crippen molar-refractivity contribution in [1.82, 2.24) is 15.2 Å². The molecule has 2 aromatic heterocycles. The van der Waals surface area contributed by atoms with Gasteiger partial charge in [-0.2, -0.15) is 0 Å². The minimum absolute atomic E-state index is 0.112. The van der Waals surface area contributed by atoms with Crippen LogP contribution in [0.3, 0.4) is 0 Å². The topological polar surface area (TPSA) is 74.9 Å². The normalized spacial score (nSPS) is 11.2. The maximum absolute atomic E-state index is 9.43. The highest BCUT2D eigenvalue weighted by Gasteiger charge is 2.16. The first-order chi connectivity index (χ1) is 8.29. The van der Waals surface area contributed by atoms with E-state index in [0.717, 1.165) is 16.5 Å². The molecular weight excluding hydrogens is 242 g/mol. The molecule has 0 aliphatic carbocycles. The molecule has 0 aliphatic rings. The number of H-pyrrole nitrogens is 1. The zero-order valence-corrected chi connectivity index (χ0v) is 9.40. The Balaban J connectivity index is 2.31. The Morgan fingerprint density at radius 1 is 1.41 bits per heavy atom. The van der Waals surface area contributed by atoms with E-state index < -0.39 is 0 Å². The molecule has 0 radical (unpaired) electrons. The van der Waals surface area contributed by atoms with Crippen LogP contribution < -0.4 is 0 Å². The van der Waals surface area contributed by atoms with Crippen LogP contribution in [0.4, 0.5) is 0 Å². The van der Waals surface area contributed by atoms with Crippen LogP contribution in [0.1, 0.15) is 5.56 Å². The number of benzene rings is 1. The van der Waals surface area contributed by atoms with E-state index in [-0.39, 0.29) is 6.61 Å². The fraction of sp³-hybridized carbons (Fsp3) is 0.0909. The van der Waals surface area contributed by atoms with Crippen LogP contribution in [0.25, 0.3) is 22.5 Å². The number of rotatable bonds is 2. The number of fused-ring (bicyclic) bond motifs is 1. The van der Waals surface area contributed by atoms with E-state index in [1.54, 1.807) is 12.1 Å². The molecule has 3 rings (SSSR count). The van der Waals surface area contributed by atoms with Gasteiger partial charge in [0.25, 0.3) is 5.89 Å². The first-order valence-corrected chi connectivity index (χ1v) is 5.35. The smallest absolute Gasteiger partial charge is 0.264 e. The summed E-state index contributed by atoms with van der Waals surface area (Å²) in [5.41, 5.74) is 2.18. The molecule has 0 bridgehead atoms. The molecule has 0 atom stereocenters. The summed E-state index contributed by atoms with van der Waals surface area (Å²) in [4.78, 5) is 3.12. The van der Waals surface area contributed by atoms with Crippen LogP contribution in [-0.4, -0.2) is 20.3 Å². The van der Waals surface area contributed by atoms with Crippen molar-refractivity contribution in [2.45, 2.75) is 6.61 Å². The van der Waals surface area contributed by atoms with Crippen molar-refractivity contribution in [3.05, 3.63) is 35.2 Å². The van der Waals surface area contributed by atoms with E-state index in [9.17, 15) is 5.11 Å². The van der Waals surface area contributed by atoms with Crippen molar-refractivity contribution >= 4 is 22.5 Å². The lowest BCUT2D eigenvalue weighted by molar-refractivity contribution is 0.283. The number of aliphatic hydroxyl groups is 1. The first kappa shape index (κ1) is 10.3. The number of aliphatic hydroxyl groups excluding tert-OH is 1. The van der Waals surface area contributed by atoms with Gasteiger partial charge in [-0.15, -0.1) is 10.2 Å². The average Bonchev–Trinajstić information content (AvgIpc) is 2.94. The molecule has 0 saturated carbocycles. The molecule has 0 fully saturated rings. The van der Waals surface area contributed by atoms with E-state index in [1.165, 1.54) is 6.39 Å². The SMILES string of the molecule is OCc1c(-c2nnco2)[nH]c2cc(Cl)ccc12. The number of aromatic nitrogens is 3. The van der Waals surface area contributed by atoms with Crippen LogP contribution in [-0.2, 0) is 6.61 Å². The van der Waals surface area contributed by atoms with E-state index in [4.69, 9.17) is 16.0 Å². The van der Waals surface area contributed by atoms with Crippen molar-refractivity contribution in [3.63, 3.8) is 0 Å². The summed E-state index contributed by atoms with van der Waals surface area (Å²) in [6.07, 6.45) is 1.25. The molecule has 5 nitrogen and oxygen atoms in total. The van der Waals surface area contributed by atoms with Gasteiger partial charge in [-0.1, -0.05) is 17.7 Å². The van der Waals surface area contributed by atoms with E-state index in [0.29, 0.717) is 16.6 Å². The van der Waals surface area contributed by atoms with Crippen LogP contribution in [0.5, 0.6) is 0 Å². The highest BCUT2D eigenvalue weighted by atomic mass is 35.5. The lowest BCUT2D eigenvalue weighted by Crippen LogP contribution is -1.86. The van der Waals surface area contributed by atoms with Gasteiger partial charge in [0.2, 0.25) is 6.39 Å². The first-order valence-electron chi connectivity index (χ1n) is 4.97. The minimum atomic E-state index is -0.112. The molecule has 86 valence electrons. The molecular formula is C11H8ClN3O2. The zero-order valence-electron chi connectivity index (χ0n) is 8.64.